The molecule has 0 fully saturated rings. The molecule has 0 atom stereocenters. The molecule has 0 saturated heterocycles. The van der Waals surface area contributed by atoms with E-state index in [2.05, 4.69) is 10.1 Å². The molecule has 0 saturated carbocycles. The average molecular weight is 231 g/mol. The monoisotopic (exact) mass is 231 g/mol. The first-order chi connectivity index (χ1) is 8.16. The van der Waals surface area contributed by atoms with Gasteiger partial charge in [-0.3, -0.25) is 14.5 Å². The molecule has 0 aliphatic heterocycles. The lowest BCUT2D eigenvalue weighted by Crippen LogP contribution is -2.30. The largest absolute Gasteiger partial charge is 0.396 e. The number of pyridine rings is 1. The van der Waals surface area contributed by atoms with Gasteiger partial charge in [-0.1, -0.05) is 0 Å². The molecular formula is C11H13N5O. The first-order valence-electron chi connectivity index (χ1n) is 5.11. The van der Waals surface area contributed by atoms with Gasteiger partial charge in [0, 0.05) is 19.4 Å². The van der Waals surface area contributed by atoms with Crippen molar-refractivity contribution in [3.05, 3.63) is 36.9 Å². The van der Waals surface area contributed by atoms with Crippen molar-refractivity contribution >= 4 is 17.3 Å². The van der Waals surface area contributed by atoms with Crippen molar-refractivity contribution < 1.29 is 4.79 Å². The number of aromatic nitrogens is 3. The number of nitrogens with two attached hydrogens (primary N) is 1. The fourth-order valence-electron chi connectivity index (χ4n) is 1.41. The van der Waals surface area contributed by atoms with E-state index < -0.39 is 0 Å². The summed E-state index contributed by atoms with van der Waals surface area (Å²) in [5.74, 6) is -0.0823. The molecule has 0 radical (unpaired) electrons. The maximum atomic E-state index is 11.9. The molecule has 88 valence electrons. The highest BCUT2D eigenvalue weighted by atomic mass is 16.2. The van der Waals surface area contributed by atoms with Crippen molar-refractivity contribution in [3.8, 4) is 0 Å². The van der Waals surface area contributed by atoms with Crippen LogP contribution in [0.2, 0.25) is 0 Å². The van der Waals surface area contributed by atoms with E-state index in [4.69, 9.17) is 5.73 Å². The summed E-state index contributed by atoms with van der Waals surface area (Å²) in [6.45, 7) is 0.155. The zero-order valence-electron chi connectivity index (χ0n) is 9.45. The van der Waals surface area contributed by atoms with Gasteiger partial charge in [0.2, 0.25) is 5.91 Å². The highest BCUT2D eigenvalue weighted by Gasteiger charge is 2.11. The van der Waals surface area contributed by atoms with Gasteiger partial charge >= 0.3 is 0 Å². The van der Waals surface area contributed by atoms with E-state index >= 15 is 0 Å². The Morgan fingerprint density at radius 1 is 1.53 bits per heavy atom. The van der Waals surface area contributed by atoms with Gasteiger partial charge in [-0.2, -0.15) is 5.10 Å². The Morgan fingerprint density at radius 2 is 2.35 bits per heavy atom. The number of hydrogen-bond acceptors (Lipinski definition) is 4. The standard InChI is InChI=1S/C11H13N5O/c1-15(10-3-2-4-13-6-10)11(17)8-16-7-9(12)5-14-16/h2-7H,8,12H2,1H3. The van der Waals surface area contributed by atoms with Crippen LogP contribution in [-0.4, -0.2) is 27.7 Å². The number of carbonyl (C=O) groups excluding carboxylic acids is 1. The van der Waals surface area contributed by atoms with E-state index in [1.165, 1.54) is 15.8 Å². The summed E-state index contributed by atoms with van der Waals surface area (Å²) < 4.78 is 1.50. The minimum atomic E-state index is -0.0823. The molecule has 6 nitrogen and oxygen atoms in total. The van der Waals surface area contributed by atoms with Crippen molar-refractivity contribution in [2.75, 3.05) is 17.7 Å². The van der Waals surface area contributed by atoms with Crippen LogP contribution in [0.1, 0.15) is 0 Å². The Kier molecular flexibility index (Phi) is 3.04. The number of nitrogen functional groups attached to an aromatic ring is 1. The van der Waals surface area contributed by atoms with E-state index in [1.807, 2.05) is 6.07 Å². The molecule has 2 rings (SSSR count). The lowest BCUT2D eigenvalue weighted by molar-refractivity contribution is -0.119. The maximum Gasteiger partial charge on any atom is 0.248 e. The Morgan fingerprint density at radius 3 is 2.94 bits per heavy atom. The second-order valence-corrected chi connectivity index (χ2v) is 3.64. The molecule has 0 aliphatic rings. The van der Waals surface area contributed by atoms with Gasteiger partial charge in [-0.15, -0.1) is 0 Å². The molecule has 6 heteroatoms. The van der Waals surface area contributed by atoms with Crippen LogP contribution < -0.4 is 10.6 Å². The average Bonchev–Trinajstić information content (AvgIpc) is 2.75. The maximum absolute atomic E-state index is 11.9. The van der Waals surface area contributed by atoms with Crippen molar-refractivity contribution in [3.63, 3.8) is 0 Å². The van der Waals surface area contributed by atoms with E-state index in [0.717, 1.165) is 5.69 Å². The molecule has 17 heavy (non-hydrogen) atoms. The Bertz CT molecular complexity index is 508. The van der Waals surface area contributed by atoms with Gasteiger partial charge in [-0.25, -0.2) is 0 Å². The smallest absolute Gasteiger partial charge is 0.248 e. The van der Waals surface area contributed by atoms with Crippen LogP contribution >= 0.6 is 0 Å². The summed E-state index contributed by atoms with van der Waals surface area (Å²) in [6.07, 6.45) is 6.43. The van der Waals surface area contributed by atoms with E-state index in [0.29, 0.717) is 5.69 Å². The number of nitrogens with zero attached hydrogens (tertiary/aromatic N) is 4. The summed E-state index contributed by atoms with van der Waals surface area (Å²) in [5.41, 5.74) is 6.81. The van der Waals surface area contributed by atoms with Gasteiger partial charge in [0.1, 0.15) is 6.54 Å². The second kappa shape index (κ2) is 4.65. The van der Waals surface area contributed by atoms with Crippen molar-refractivity contribution in [2.24, 2.45) is 0 Å². The molecule has 2 aromatic rings. The lowest BCUT2D eigenvalue weighted by atomic mass is 10.3. The van der Waals surface area contributed by atoms with Gasteiger partial charge in [0.25, 0.3) is 0 Å². The summed E-state index contributed by atoms with van der Waals surface area (Å²) in [4.78, 5) is 17.4. The van der Waals surface area contributed by atoms with Crippen LogP contribution in [-0.2, 0) is 11.3 Å². The summed E-state index contributed by atoms with van der Waals surface area (Å²) >= 11 is 0. The van der Waals surface area contributed by atoms with Crippen LogP contribution in [0.15, 0.2) is 36.9 Å². The third kappa shape index (κ3) is 2.60. The topological polar surface area (TPSA) is 77.0 Å². The SMILES string of the molecule is CN(C(=O)Cn1cc(N)cn1)c1cccnc1. The fraction of sp³-hybridized carbons (Fsp3) is 0.182. The van der Waals surface area contributed by atoms with Gasteiger partial charge < -0.3 is 10.6 Å². The number of rotatable bonds is 3. The molecule has 1 amide bonds. The van der Waals surface area contributed by atoms with Crippen LogP contribution in [0.3, 0.4) is 0 Å². The molecular weight excluding hydrogens is 218 g/mol. The minimum absolute atomic E-state index is 0.0823. The number of anilines is 2. The van der Waals surface area contributed by atoms with E-state index in [1.54, 1.807) is 31.7 Å². The second-order valence-electron chi connectivity index (χ2n) is 3.64. The summed E-state index contributed by atoms with van der Waals surface area (Å²) in [5, 5.41) is 3.96. The summed E-state index contributed by atoms with van der Waals surface area (Å²) in [7, 11) is 1.70. The molecule has 0 spiro atoms. The number of hydrogen-bond donors (Lipinski definition) is 1. The molecule has 0 bridgehead atoms. The zero-order valence-corrected chi connectivity index (χ0v) is 9.45. The third-order valence-electron chi connectivity index (χ3n) is 2.36. The lowest BCUT2D eigenvalue weighted by Gasteiger charge is -2.16. The van der Waals surface area contributed by atoms with Crippen molar-refractivity contribution in [2.45, 2.75) is 6.54 Å². The molecule has 2 N–H and O–H groups in total. The number of carbonyl (C=O) groups is 1. The quantitative estimate of drug-likeness (QED) is 0.835. The van der Waals surface area contributed by atoms with E-state index in [9.17, 15) is 4.79 Å². The molecule has 0 aliphatic carbocycles. The van der Waals surface area contributed by atoms with E-state index in [-0.39, 0.29) is 12.5 Å². The van der Waals surface area contributed by atoms with Gasteiger partial charge in [0.05, 0.1) is 23.8 Å². The van der Waals surface area contributed by atoms with Crippen molar-refractivity contribution in [1.82, 2.24) is 14.8 Å². The fourth-order valence-corrected chi connectivity index (χ4v) is 1.41. The summed E-state index contributed by atoms with van der Waals surface area (Å²) in [6, 6.07) is 3.60. The zero-order chi connectivity index (χ0) is 12.3. The van der Waals surface area contributed by atoms with Gasteiger partial charge in [0.15, 0.2) is 0 Å². The number of amides is 1. The van der Waals surface area contributed by atoms with Crippen LogP contribution in [0.4, 0.5) is 11.4 Å². The highest BCUT2D eigenvalue weighted by Crippen LogP contribution is 2.10. The molecule has 0 aromatic carbocycles. The minimum Gasteiger partial charge on any atom is -0.396 e. The van der Waals surface area contributed by atoms with Gasteiger partial charge in [-0.05, 0) is 12.1 Å². The van der Waals surface area contributed by atoms with Crippen LogP contribution in [0, 0.1) is 0 Å². The third-order valence-corrected chi connectivity index (χ3v) is 2.36. The van der Waals surface area contributed by atoms with Crippen LogP contribution in [0.25, 0.3) is 0 Å². The number of likely N-dealkylation sites (N-methyl/N-ethyl adjacent to an activating group) is 1. The van der Waals surface area contributed by atoms with Crippen molar-refractivity contribution in [1.29, 1.82) is 0 Å². The first kappa shape index (κ1) is 11.1. The highest BCUT2D eigenvalue weighted by molar-refractivity contribution is 5.92. The normalized spacial score (nSPS) is 10.2. The molecule has 2 aromatic heterocycles. The predicted octanol–water partition coefficient (Wildman–Crippen LogP) is 0.523. The predicted molar refractivity (Wildman–Crippen MR) is 64.3 cm³/mol. The first-order valence-corrected chi connectivity index (χ1v) is 5.11. The molecule has 2 heterocycles. The molecule has 0 unspecified atom stereocenters. The Hall–Kier alpha value is -2.37. The Balaban J connectivity index is 2.06. The Labute approximate surface area is 98.7 Å². The van der Waals surface area contributed by atoms with Crippen LogP contribution in [0.5, 0.6) is 0 Å².